The van der Waals surface area contributed by atoms with Gasteiger partial charge in [-0.3, -0.25) is 0 Å². The Balaban J connectivity index is 1.75. The fourth-order valence-corrected chi connectivity index (χ4v) is 5.39. The van der Waals surface area contributed by atoms with Crippen LogP contribution in [0.5, 0.6) is 0 Å². The van der Waals surface area contributed by atoms with Crippen molar-refractivity contribution in [2.45, 2.75) is 59.0 Å². The van der Waals surface area contributed by atoms with Gasteiger partial charge in [0.2, 0.25) is 0 Å². The van der Waals surface area contributed by atoms with Crippen LogP contribution in [0.1, 0.15) is 58.6 Å². The van der Waals surface area contributed by atoms with E-state index in [9.17, 15) is 0 Å². The van der Waals surface area contributed by atoms with Gasteiger partial charge in [-0.1, -0.05) is 32.4 Å². The van der Waals surface area contributed by atoms with Crippen LogP contribution in [0.3, 0.4) is 0 Å². The first kappa shape index (κ1) is 13.9. The van der Waals surface area contributed by atoms with Crippen LogP contribution in [0.2, 0.25) is 4.34 Å². The number of nitrogens with one attached hydrogen (secondary N) is 1. The molecule has 3 heteroatoms. The minimum absolute atomic E-state index is 0.403. The molecule has 4 atom stereocenters. The molecule has 2 aliphatic rings. The summed E-state index contributed by atoms with van der Waals surface area (Å²) in [5.41, 5.74) is 2.27. The molecule has 3 rings (SSSR count). The third-order valence-corrected chi connectivity index (χ3v) is 7.44. The minimum atomic E-state index is 0.403. The lowest BCUT2D eigenvalue weighted by atomic mass is 9.69. The molecular weight excluding hydrogens is 274 g/mol. The van der Waals surface area contributed by atoms with Crippen molar-refractivity contribution in [3.63, 3.8) is 0 Å². The highest BCUT2D eigenvalue weighted by atomic mass is 35.5. The van der Waals surface area contributed by atoms with E-state index in [1.807, 2.05) is 0 Å². The molecule has 19 heavy (non-hydrogen) atoms. The molecule has 1 nitrogen and oxygen atoms in total. The van der Waals surface area contributed by atoms with E-state index < -0.39 is 0 Å². The fraction of sp³-hybridized carbons (Fsp3) is 0.750. The summed E-state index contributed by atoms with van der Waals surface area (Å²) in [5.74, 6) is 0.897. The molecule has 0 saturated heterocycles. The number of halogens is 1. The van der Waals surface area contributed by atoms with Crippen LogP contribution in [0.4, 0.5) is 0 Å². The highest BCUT2D eigenvalue weighted by Gasteiger charge is 2.61. The van der Waals surface area contributed by atoms with E-state index in [1.54, 1.807) is 11.3 Å². The second kappa shape index (κ2) is 4.47. The van der Waals surface area contributed by atoms with Crippen LogP contribution in [0.15, 0.2) is 11.4 Å². The highest BCUT2D eigenvalue weighted by molar-refractivity contribution is 7.14. The van der Waals surface area contributed by atoms with E-state index in [1.165, 1.54) is 24.8 Å². The Kier molecular flexibility index (Phi) is 3.28. The number of hydrogen-bond acceptors (Lipinski definition) is 2. The van der Waals surface area contributed by atoms with Crippen molar-refractivity contribution in [2.75, 3.05) is 0 Å². The van der Waals surface area contributed by atoms with Gasteiger partial charge in [0.25, 0.3) is 0 Å². The molecule has 1 aromatic rings. The van der Waals surface area contributed by atoms with Crippen molar-refractivity contribution in [1.82, 2.24) is 5.32 Å². The number of fused-ring (bicyclic) bond motifs is 2. The van der Waals surface area contributed by atoms with Gasteiger partial charge < -0.3 is 5.32 Å². The van der Waals surface area contributed by atoms with Gasteiger partial charge in [-0.05, 0) is 59.9 Å². The fourth-order valence-electron chi connectivity index (χ4n) is 4.40. The number of thiophene rings is 1. The summed E-state index contributed by atoms with van der Waals surface area (Å²) in [4.78, 5) is 0. The SMILES string of the molecule is CC(NC1CC2CCC1(C)C2(C)C)c1csc(Cl)c1. The monoisotopic (exact) mass is 297 g/mol. The summed E-state index contributed by atoms with van der Waals surface area (Å²) in [6, 6.07) is 3.15. The molecule has 2 aliphatic carbocycles. The minimum Gasteiger partial charge on any atom is -0.307 e. The molecule has 0 aromatic carbocycles. The van der Waals surface area contributed by atoms with E-state index >= 15 is 0 Å². The Hall–Kier alpha value is -0.0500. The third kappa shape index (κ3) is 1.99. The van der Waals surface area contributed by atoms with Crippen molar-refractivity contribution in [1.29, 1.82) is 0 Å². The van der Waals surface area contributed by atoms with E-state index in [0.29, 0.717) is 22.9 Å². The quantitative estimate of drug-likeness (QED) is 0.801. The average Bonchev–Trinajstić information content (AvgIpc) is 2.91. The summed E-state index contributed by atoms with van der Waals surface area (Å²) in [7, 11) is 0. The summed E-state index contributed by atoms with van der Waals surface area (Å²) in [6.45, 7) is 9.70. The van der Waals surface area contributed by atoms with Crippen LogP contribution in [-0.4, -0.2) is 6.04 Å². The number of hydrogen-bond donors (Lipinski definition) is 1. The first-order valence-corrected chi connectivity index (χ1v) is 8.60. The lowest BCUT2D eigenvalue weighted by molar-refractivity contribution is 0.116. The second-order valence-corrected chi connectivity index (χ2v) is 8.78. The topological polar surface area (TPSA) is 12.0 Å². The van der Waals surface area contributed by atoms with Gasteiger partial charge in [0, 0.05) is 12.1 Å². The van der Waals surface area contributed by atoms with Gasteiger partial charge in [-0.25, -0.2) is 0 Å². The number of rotatable bonds is 3. The first-order valence-electron chi connectivity index (χ1n) is 7.34. The lowest BCUT2D eigenvalue weighted by Crippen LogP contribution is -2.45. The molecule has 2 fully saturated rings. The zero-order valence-electron chi connectivity index (χ0n) is 12.3. The van der Waals surface area contributed by atoms with E-state index in [4.69, 9.17) is 11.6 Å². The Labute approximate surface area is 125 Å². The molecule has 0 amide bonds. The maximum Gasteiger partial charge on any atom is 0.0931 e. The van der Waals surface area contributed by atoms with Crippen LogP contribution in [0, 0.1) is 16.7 Å². The van der Waals surface area contributed by atoms with Gasteiger partial charge in [-0.2, -0.15) is 0 Å². The van der Waals surface area contributed by atoms with E-state index in [-0.39, 0.29) is 0 Å². The Morgan fingerprint density at radius 2 is 2.16 bits per heavy atom. The van der Waals surface area contributed by atoms with Gasteiger partial charge in [0.1, 0.15) is 0 Å². The molecule has 2 saturated carbocycles. The molecule has 0 radical (unpaired) electrons. The highest BCUT2D eigenvalue weighted by Crippen LogP contribution is 2.65. The summed E-state index contributed by atoms with van der Waals surface area (Å²) < 4.78 is 0.892. The largest absolute Gasteiger partial charge is 0.307 e. The van der Waals surface area contributed by atoms with Gasteiger partial charge in [-0.15, -0.1) is 11.3 Å². The standard InChI is InChI=1S/C16H24ClNS/c1-10(11-7-14(17)19-9-11)18-13-8-12-5-6-16(13,4)15(12,2)3/h7,9-10,12-13,18H,5-6,8H2,1-4H3. The van der Waals surface area contributed by atoms with Crippen molar-refractivity contribution >= 4 is 22.9 Å². The molecular formula is C16H24ClNS. The Bertz CT molecular complexity index is 481. The van der Waals surface area contributed by atoms with Gasteiger partial charge >= 0.3 is 0 Å². The molecule has 0 aliphatic heterocycles. The summed E-state index contributed by atoms with van der Waals surface area (Å²) in [5, 5.41) is 6.07. The predicted molar refractivity (Wildman–Crippen MR) is 83.9 cm³/mol. The van der Waals surface area contributed by atoms with Crippen LogP contribution >= 0.6 is 22.9 Å². The Morgan fingerprint density at radius 3 is 2.63 bits per heavy atom. The van der Waals surface area contributed by atoms with Gasteiger partial charge in [0.05, 0.1) is 4.34 Å². The first-order chi connectivity index (χ1) is 8.84. The molecule has 1 N–H and O–H groups in total. The molecule has 4 unspecified atom stereocenters. The van der Waals surface area contributed by atoms with Crippen LogP contribution < -0.4 is 5.32 Å². The summed E-state index contributed by atoms with van der Waals surface area (Å²) in [6.07, 6.45) is 4.13. The Morgan fingerprint density at radius 1 is 1.42 bits per heavy atom. The van der Waals surface area contributed by atoms with Crippen molar-refractivity contribution < 1.29 is 0 Å². The van der Waals surface area contributed by atoms with E-state index in [2.05, 4.69) is 44.5 Å². The molecule has 1 heterocycles. The molecule has 2 bridgehead atoms. The molecule has 106 valence electrons. The molecule has 1 aromatic heterocycles. The average molecular weight is 298 g/mol. The van der Waals surface area contributed by atoms with Crippen LogP contribution in [-0.2, 0) is 0 Å². The van der Waals surface area contributed by atoms with E-state index in [0.717, 1.165) is 10.3 Å². The summed E-state index contributed by atoms with van der Waals surface area (Å²) >= 11 is 7.68. The zero-order valence-corrected chi connectivity index (χ0v) is 13.9. The zero-order chi connectivity index (χ0) is 13.8. The normalized spacial score (nSPS) is 37.7. The second-order valence-electron chi connectivity index (χ2n) is 7.24. The predicted octanol–water partition coefficient (Wildman–Crippen LogP) is 5.27. The maximum atomic E-state index is 6.05. The lowest BCUT2D eigenvalue weighted by Gasteiger charge is -2.40. The maximum absolute atomic E-state index is 6.05. The van der Waals surface area contributed by atoms with Gasteiger partial charge in [0.15, 0.2) is 0 Å². The third-order valence-electron chi connectivity index (χ3n) is 6.33. The van der Waals surface area contributed by atoms with Crippen molar-refractivity contribution in [2.24, 2.45) is 16.7 Å². The smallest absolute Gasteiger partial charge is 0.0931 e. The van der Waals surface area contributed by atoms with Crippen LogP contribution in [0.25, 0.3) is 0 Å². The van der Waals surface area contributed by atoms with Crippen molar-refractivity contribution in [3.05, 3.63) is 21.3 Å². The molecule has 0 spiro atoms. The van der Waals surface area contributed by atoms with Crippen molar-refractivity contribution in [3.8, 4) is 0 Å².